The third-order valence-electron chi connectivity index (χ3n) is 3.71. The quantitative estimate of drug-likeness (QED) is 0.599. The van der Waals surface area contributed by atoms with Gasteiger partial charge >= 0.3 is 0 Å². The SMILES string of the molecule is Cc1ccc(N(c2cc(-c3ccc(Cl)cc3)sc2C(N)=O)S(=O)O)cc1. The number of carbonyl (C=O) groups excluding carboxylic acids is 1. The van der Waals surface area contributed by atoms with Gasteiger partial charge < -0.3 is 5.73 Å². The highest BCUT2D eigenvalue weighted by Crippen LogP contribution is 2.40. The highest BCUT2D eigenvalue weighted by atomic mass is 35.5. The number of nitrogens with zero attached hydrogens (tertiary/aromatic N) is 1. The molecule has 0 saturated carbocycles. The van der Waals surface area contributed by atoms with Gasteiger partial charge in [-0.25, -0.2) is 8.51 Å². The number of aryl methyl sites for hydroxylation is 1. The van der Waals surface area contributed by atoms with Gasteiger partial charge in [-0.05, 0) is 42.8 Å². The normalized spacial score (nSPS) is 12.0. The highest BCUT2D eigenvalue weighted by molar-refractivity contribution is 7.81. The molecule has 0 radical (unpaired) electrons. The van der Waals surface area contributed by atoms with Crippen LogP contribution in [0.5, 0.6) is 0 Å². The monoisotopic (exact) mass is 406 g/mol. The molecule has 5 nitrogen and oxygen atoms in total. The second-order valence-corrected chi connectivity index (χ2v) is 7.87. The van der Waals surface area contributed by atoms with Crippen LogP contribution >= 0.6 is 22.9 Å². The average molecular weight is 407 g/mol. The first-order valence-corrected chi connectivity index (χ1v) is 9.80. The molecule has 1 unspecified atom stereocenters. The molecule has 0 bridgehead atoms. The molecule has 134 valence electrons. The summed E-state index contributed by atoms with van der Waals surface area (Å²) in [5.74, 6) is -0.659. The van der Waals surface area contributed by atoms with Crippen molar-refractivity contribution in [3.8, 4) is 10.4 Å². The zero-order valence-electron chi connectivity index (χ0n) is 13.7. The number of thiophene rings is 1. The van der Waals surface area contributed by atoms with Crippen molar-refractivity contribution in [2.45, 2.75) is 6.92 Å². The van der Waals surface area contributed by atoms with Gasteiger partial charge in [0.15, 0.2) is 0 Å². The summed E-state index contributed by atoms with van der Waals surface area (Å²) in [4.78, 5) is 12.9. The molecule has 1 aromatic heterocycles. The number of hydrogen-bond acceptors (Lipinski definition) is 3. The molecule has 3 N–H and O–H groups in total. The Labute approximate surface area is 162 Å². The summed E-state index contributed by atoms with van der Waals surface area (Å²) in [5, 5.41) is 0.596. The Morgan fingerprint density at radius 2 is 1.77 bits per heavy atom. The molecule has 1 amide bonds. The van der Waals surface area contributed by atoms with E-state index in [4.69, 9.17) is 17.3 Å². The molecule has 0 aliphatic heterocycles. The third-order valence-corrected chi connectivity index (χ3v) is 5.87. The molecular formula is C18H15ClN2O3S2. The zero-order valence-corrected chi connectivity index (χ0v) is 16.1. The summed E-state index contributed by atoms with van der Waals surface area (Å²) < 4.78 is 23.0. The molecule has 2 aromatic carbocycles. The van der Waals surface area contributed by atoms with E-state index in [-0.39, 0.29) is 10.6 Å². The summed E-state index contributed by atoms with van der Waals surface area (Å²) >= 11 is 4.71. The lowest BCUT2D eigenvalue weighted by molar-refractivity contribution is 0.100. The van der Waals surface area contributed by atoms with Gasteiger partial charge in [0, 0.05) is 9.90 Å². The number of benzene rings is 2. The number of rotatable bonds is 5. The van der Waals surface area contributed by atoms with E-state index in [0.717, 1.165) is 16.0 Å². The predicted molar refractivity (Wildman–Crippen MR) is 107 cm³/mol. The first kappa shape index (κ1) is 18.6. The summed E-state index contributed by atoms with van der Waals surface area (Å²) in [7, 11) is 0. The fraction of sp³-hybridized carbons (Fsp3) is 0.0556. The van der Waals surface area contributed by atoms with Crippen molar-refractivity contribution in [3.63, 3.8) is 0 Å². The lowest BCUT2D eigenvalue weighted by Gasteiger charge is -2.19. The van der Waals surface area contributed by atoms with Crippen LogP contribution in [-0.4, -0.2) is 14.7 Å². The Morgan fingerprint density at radius 1 is 1.15 bits per heavy atom. The zero-order chi connectivity index (χ0) is 18.8. The molecular weight excluding hydrogens is 392 g/mol. The van der Waals surface area contributed by atoms with Gasteiger partial charge in [0.1, 0.15) is 4.88 Å². The maximum atomic E-state index is 12.0. The van der Waals surface area contributed by atoms with Gasteiger partial charge in [0.2, 0.25) is 0 Å². The van der Waals surface area contributed by atoms with Crippen LogP contribution in [0, 0.1) is 6.92 Å². The summed E-state index contributed by atoms with van der Waals surface area (Å²) in [6.45, 7) is 1.92. The van der Waals surface area contributed by atoms with E-state index in [9.17, 15) is 13.6 Å². The van der Waals surface area contributed by atoms with E-state index in [2.05, 4.69) is 0 Å². The highest BCUT2D eigenvalue weighted by Gasteiger charge is 2.24. The summed E-state index contributed by atoms with van der Waals surface area (Å²) in [6.07, 6.45) is 0. The molecule has 0 aliphatic rings. The number of anilines is 2. The van der Waals surface area contributed by atoms with E-state index in [0.29, 0.717) is 10.7 Å². The minimum absolute atomic E-state index is 0.206. The Kier molecular flexibility index (Phi) is 5.43. The standard InChI is InChI=1S/C18H15ClN2O3S2/c1-11-2-8-14(9-3-11)21(26(23)24)15-10-16(25-17(15)18(20)22)12-4-6-13(19)7-5-12/h2-10H,1H3,(H2,20,22)(H,23,24). The maximum Gasteiger partial charge on any atom is 0.266 e. The molecule has 0 spiro atoms. The first-order chi connectivity index (χ1) is 12.4. The lowest BCUT2D eigenvalue weighted by Crippen LogP contribution is -2.22. The van der Waals surface area contributed by atoms with Gasteiger partial charge in [-0.15, -0.1) is 11.3 Å². The van der Waals surface area contributed by atoms with Crippen LogP contribution in [0.2, 0.25) is 5.02 Å². The molecule has 0 fully saturated rings. The Morgan fingerprint density at radius 3 is 2.31 bits per heavy atom. The number of amides is 1. The smallest absolute Gasteiger partial charge is 0.266 e. The van der Waals surface area contributed by atoms with Crippen LogP contribution in [0.25, 0.3) is 10.4 Å². The minimum Gasteiger partial charge on any atom is -0.365 e. The van der Waals surface area contributed by atoms with Crippen molar-refractivity contribution in [2.75, 3.05) is 4.31 Å². The Balaban J connectivity index is 2.14. The van der Waals surface area contributed by atoms with E-state index in [1.54, 1.807) is 30.3 Å². The van der Waals surface area contributed by atoms with Gasteiger partial charge in [0.05, 0.1) is 11.4 Å². The molecule has 0 saturated heterocycles. The topological polar surface area (TPSA) is 83.6 Å². The summed E-state index contributed by atoms with van der Waals surface area (Å²) in [6, 6.07) is 15.9. The van der Waals surface area contributed by atoms with Crippen molar-refractivity contribution < 1.29 is 13.6 Å². The number of halogens is 1. The van der Waals surface area contributed by atoms with Crippen LogP contribution < -0.4 is 10.0 Å². The molecule has 8 heteroatoms. The largest absolute Gasteiger partial charge is 0.365 e. The second-order valence-electron chi connectivity index (χ2n) is 5.56. The number of primary amides is 1. The lowest BCUT2D eigenvalue weighted by atomic mass is 10.2. The van der Waals surface area contributed by atoms with Gasteiger partial charge in [-0.2, -0.15) is 0 Å². The van der Waals surface area contributed by atoms with Gasteiger partial charge in [-0.3, -0.25) is 9.35 Å². The van der Waals surface area contributed by atoms with E-state index >= 15 is 0 Å². The fourth-order valence-electron chi connectivity index (χ4n) is 2.46. The Bertz CT molecular complexity index is 969. The van der Waals surface area contributed by atoms with Crippen LogP contribution in [0.4, 0.5) is 11.4 Å². The third kappa shape index (κ3) is 3.81. The van der Waals surface area contributed by atoms with Crippen molar-refractivity contribution in [3.05, 3.63) is 70.1 Å². The van der Waals surface area contributed by atoms with E-state index in [1.807, 2.05) is 31.2 Å². The molecule has 1 atom stereocenters. The maximum absolute atomic E-state index is 12.0. The predicted octanol–water partition coefficient (Wildman–Crippen LogP) is 4.75. The van der Waals surface area contributed by atoms with E-state index in [1.165, 1.54) is 15.6 Å². The fourth-order valence-corrected chi connectivity index (χ4v) is 4.26. The molecule has 3 aromatic rings. The van der Waals surface area contributed by atoms with Crippen molar-refractivity contribution in [1.82, 2.24) is 0 Å². The van der Waals surface area contributed by atoms with Crippen LogP contribution in [0.1, 0.15) is 15.2 Å². The van der Waals surface area contributed by atoms with Crippen LogP contribution in [-0.2, 0) is 11.3 Å². The Hall–Kier alpha value is -2.19. The average Bonchev–Trinajstić information content (AvgIpc) is 3.02. The number of hydrogen-bond donors (Lipinski definition) is 2. The number of nitrogens with two attached hydrogens (primary N) is 1. The molecule has 3 rings (SSSR count). The summed E-state index contributed by atoms with van der Waals surface area (Å²) in [5.41, 5.74) is 8.14. The molecule has 1 heterocycles. The van der Waals surface area contributed by atoms with Crippen LogP contribution in [0.15, 0.2) is 54.6 Å². The van der Waals surface area contributed by atoms with Gasteiger partial charge in [0.25, 0.3) is 17.2 Å². The molecule has 0 aliphatic carbocycles. The molecule has 26 heavy (non-hydrogen) atoms. The van der Waals surface area contributed by atoms with Crippen molar-refractivity contribution in [2.24, 2.45) is 5.73 Å². The van der Waals surface area contributed by atoms with Crippen molar-refractivity contribution in [1.29, 1.82) is 0 Å². The minimum atomic E-state index is -2.37. The number of carbonyl (C=O) groups is 1. The second kappa shape index (κ2) is 7.59. The van der Waals surface area contributed by atoms with E-state index < -0.39 is 17.2 Å². The van der Waals surface area contributed by atoms with Gasteiger partial charge in [-0.1, -0.05) is 41.4 Å². The van der Waals surface area contributed by atoms with Crippen molar-refractivity contribution >= 4 is 51.5 Å². The first-order valence-electron chi connectivity index (χ1n) is 7.54. The van der Waals surface area contributed by atoms with Crippen LogP contribution in [0.3, 0.4) is 0 Å².